The van der Waals surface area contributed by atoms with E-state index in [1.807, 2.05) is 0 Å². The van der Waals surface area contributed by atoms with E-state index in [0.29, 0.717) is 31.6 Å². The fourth-order valence-corrected chi connectivity index (χ4v) is 4.00. The summed E-state index contributed by atoms with van der Waals surface area (Å²) in [4.78, 5) is 14.3. The summed E-state index contributed by atoms with van der Waals surface area (Å²) >= 11 is 0. The number of aromatic nitrogens is 2. The van der Waals surface area contributed by atoms with E-state index < -0.39 is 16.1 Å². The summed E-state index contributed by atoms with van der Waals surface area (Å²) < 4.78 is 27.3. The van der Waals surface area contributed by atoms with Crippen LogP contribution in [0.3, 0.4) is 0 Å². The van der Waals surface area contributed by atoms with Gasteiger partial charge in [-0.25, -0.2) is 13.1 Å². The number of aromatic amines is 1. The number of H-pyrrole nitrogens is 1. The fourth-order valence-electron chi connectivity index (χ4n) is 2.90. The van der Waals surface area contributed by atoms with Gasteiger partial charge in [-0.3, -0.25) is 9.89 Å². The van der Waals surface area contributed by atoms with Gasteiger partial charge in [0.25, 0.3) is 5.91 Å². The first kappa shape index (κ1) is 18.6. The molecule has 0 radical (unpaired) electrons. The van der Waals surface area contributed by atoms with Crippen LogP contribution >= 0.6 is 0 Å². The zero-order chi connectivity index (χ0) is 18.7. The van der Waals surface area contributed by atoms with Gasteiger partial charge in [0.1, 0.15) is 5.69 Å². The molecular formula is C17H22N4O4S. The molecule has 0 saturated carbocycles. The molecular weight excluding hydrogens is 356 g/mol. The Morgan fingerprint density at radius 1 is 1.38 bits per heavy atom. The number of hydrogen-bond donors (Lipinski definition) is 3. The van der Waals surface area contributed by atoms with Gasteiger partial charge in [0.05, 0.1) is 11.0 Å². The molecule has 1 aromatic carbocycles. The Balaban J connectivity index is 1.76. The normalized spacial score (nSPS) is 15.5. The molecule has 8 nitrogen and oxygen atoms in total. The second-order valence-corrected chi connectivity index (χ2v) is 8.18. The number of sulfonamides is 1. The average molecular weight is 378 g/mol. The number of carbonyl (C=O) groups excluding carboxylic acids is 1. The molecule has 0 aliphatic carbocycles. The molecule has 2 heterocycles. The summed E-state index contributed by atoms with van der Waals surface area (Å²) in [5, 5.41) is 15.7. The van der Waals surface area contributed by atoms with Gasteiger partial charge in [-0.1, -0.05) is 6.07 Å². The maximum absolute atomic E-state index is 12.5. The van der Waals surface area contributed by atoms with E-state index in [0.717, 1.165) is 11.1 Å². The van der Waals surface area contributed by atoms with Crippen LogP contribution in [0.5, 0.6) is 0 Å². The van der Waals surface area contributed by atoms with Crippen molar-refractivity contribution in [3.05, 3.63) is 47.3 Å². The Morgan fingerprint density at radius 3 is 2.88 bits per heavy atom. The SMILES string of the molecule is CC(O)CCNS(=O)(=O)c1ccc2c(c1)CN(C(=O)c1ccn[nH]1)CC2. The number of benzene rings is 1. The minimum absolute atomic E-state index is 0.156. The molecule has 1 aliphatic rings. The molecule has 0 fully saturated rings. The summed E-state index contributed by atoms with van der Waals surface area (Å²) in [5.41, 5.74) is 2.28. The lowest BCUT2D eigenvalue weighted by atomic mass is 9.99. The molecule has 2 aromatic rings. The minimum Gasteiger partial charge on any atom is -0.393 e. The third-order valence-corrected chi connectivity index (χ3v) is 5.83. The van der Waals surface area contributed by atoms with Gasteiger partial charge < -0.3 is 10.0 Å². The molecule has 1 unspecified atom stereocenters. The van der Waals surface area contributed by atoms with Crippen molar-refractivity contribution in [1.29, 1.82) is 0 Å². The Bertz CT molecular complexity index is 878. The Hall–Kier alpha value is -2.23. The lowest BCUT2D eigenvalue weighted by molar-refractivity contribution is 0.0728. The third kappa shape index (κ3) is 4.12. The van der Waals surface area contributed by atoms with Crippen molar-refractivity contribution in [3.8, 4) is 0 Å². The molecule has 1 atom stereocenters. The molecule has 0 saturated heterocycles. The number of hydrogen-bond acceptors (Lipinski definition) is 5. The second kappa shape index (κ2) is 7.56. The van der Waals surface area contributed by atoms with Gasteiger partial charge >= 0.3 is 0 Å². The molecule has 0 bridgehead atoms. The number of carbonyl (C=O) groups is 1. The lowest BCUT2D eigenvalue weighted by Gasteiger charge is -2.28. The molecule has 3 N–H and O–H groups in total. The first-order chi connectivity index (χ1) is 12.4. The van der Waals surface area contributed by atoms with Crippen LogP contribution in [0.4, 0.5) is 0 Å². The average Bonchev–Trinajstić information content (AvgIpc) is 3.14. The van der Waals surface area contributed by atoms with Crippen LogP contribution in [0, 0.1) is 0 Å². The van der Waals surface area contributed by atoms with Crippen LogP contribution in [0.1, 0.15) is 35.0 Å². The van der Waals surface area contributed by atoms with Crippen molar-refractivity contribution < 1.29 is 18.3 Å². The summed E-state index contributed by atoms with van der Waals surface area (Å²) in [7, 11) is -3.65. The van der Waals surface area contributed by atoms with Gasteiger partial charge in [0.15, 0.2) is 0 Å². The summed E-state index contributed by atoms with van der Waals surface area (Å²) in [5.74, 6) is -0.156. The first-order valence-corrected chi connectivity index (χ1v) is 9.93. The van der Waals surface area contributed by atoms with Gasteiger partial charge in [0, 0.05) is 25.8 Å². The van der Waals surface area contributed by atoms with E-state index in [9.17, 15) is 18.3 Å². The highest BCUT2D eigenvalue weighted by molar-refractivity contribution is 7.89. The van der Waals surface area contributed by atoms with E-state index >= 15 is 0 Å². The van der Waals surface area contributed by atoms with Gasteiger partial charge in [-0.05, 0) is 49.1 Å². The highest BCUT2D eigenvalue weighted by atomic mass is 32.2. The highest BCUT2D eigenvalue weighted by Gasteiger charge is 2.24. The minimum atomic E-state index is -3.65. The quantitative estimate of drug-likeness (QED) is 0.683. The molecule has 26 heavy (non-hydrogen) atoms. The lowest BCUT2D eigenvalue weighted by Crippen LogP contribution is -2.36. The first-order valence-electron chi connectivity index (χ1n) is 8.45. The Morgan fingerprint density at radius 2 is 2.19 bits per heavy atom. The summed E-state index contributed by atoms with van der Waals surface area (Å²) in [6.45, 7) is 2.70. The number of nitrogens with zero attached hydrogens (tertiary/aromatic N) is 2. The molecule has 1 amide bonds. The van der Waals surface area contributed by atoms with Gasteiger partial charge in [-0.15, -0.1) is 0 Å². The smallest absolute Gasteiger partial charge is 0.272 e. The topological polar surface area (TPSA) is 115 Å². The zero-order valence-electron chi connectivity index (χ0n) is 14.5. The van der Waals surface area contributed by atoms with Crippen LogP contribution < -0.4 is 4.72 Å². The van der Waals surface area contributed by atoms with Crippen LogP contribution in [-0.4, -0.2) is 53.7 Å². The summed E-state index contributed by atoms with van der Waals surface area (Å²) in [6.07, 6.45) is 1.97. The Labute approximate surface area is 152 Å². The number of rotatable bonds is 6. The predicted molar refractivity (Wildman–Crippen MR) is 95.0 cm³/mol. The molecule has 140 valence electrons. The zero-order valence-corrected chi connectivity index (χ0v) is 15.3. The summed E-state index contributed by atoms with van der Waals surface area (Å²) in [6, 6.07) is 6.61. The van der Waals surface area contributed by atoms with Crippen LogP contribution in [0.2, 0.25) is 0 Å². The van der Waals surface area contributed by atoms with Crippen LogP contribution in [0.15, 0.2) is 35.4 Å². The second-order valence-electron chi connectivity index (χ2n) is 6.41. The largest absolute Gasteiger partial charge is 0.393 e. The molecule has 9 heteroatoms. The van der Waals surface area contributed by atoms with Crippen molar-refractivity contribution in [2.24, 2.45) is 0 Å². The van der Waals surface area contributed by atoms with E-state index in [1.165, 1.54) is 6.20 Å². The number of nitrogens with one attached hydrogen (secondary N) is 2. The van der Waals surface area contributed by atoms with Crippen LogP contribution in [-0.2, 0) is 23.0 Å². The highest BCUT2D eigenvalue weighted by Crippen LogP contribution is 2.23. The molecule has 1 aliphatic heterocycles. The van der Waals surface area contributed by atoms with Gasteiger partial charge in [0.2, 0.25) is 10.0 Å². The molecule has 0 spiro atoms. The van der Waals surface area contributed by atoms with E-state index in [2.05, 4.69) is 14.9 Å². The van der Waals surface area contributed by atoms with Crippen molar-refractivity contribution in [2.75, 3.05) is 13.1 Å². The van der Waals surface area contributed by atoms with Crippen molar-refractivity contribution in [2.45, 2.75) is 37.3 Å². The van der Waals surface area contributed by atoms with Gasteiger partial charge in [-0.2, -0.15) is 5.10 Å². The maximum Gasteiger partial charge on any atom is 0.272 e. The number of aliphatic hydroxyl groups excluding tert-OH is 1. The maximum atomic E-state index is 12.5. The standard InChI is InChI=1S/C17H22N4O4S/c1-12(22)4-8-19-26(24,25)15-3-2-13-6-9-21(11-14(13)10-15)17(23)16-5-7-18-20-16/h2-3,5,7,10,12,19,22H,4,6,8-9,11H2,1H3,(H,18,20). The Kier molecular flexibility index (Phi) is 5.40. The van der Waals surface area contributed by atoms with E-state index in [1.54, 1.807) is 36.1 Å². The van der Waals surface area contributed by atoms with Crippen molar-refractivity contribution in [1.82, 2.24) is 19.8 Å². The number of amides is 1. The number of aliphatic hydroxyl groups is 1. The van der Waals surface area contributed by atoms with E-state index in [4.69, 9.17) is 0 Å². The van der Waals surface area contributed by atoms with E-state index in [-0.39, 0.29) is 17.3 Å². The molecule has 3 rings (SSSR count). The predicted octanol–water partition coefficient (Wildman–Crippen LogP) is 0.657. The number of fused-ring (bicyclic) bond motifs is 1. The third-order valence-electron chi connectivity index (χ3n) is 4.37. The monoisotopic (exact) mass is 378 g/mol. The van der Waals surface area contributed by atoms with Crippen molar-refractivity contribution >= 4 is 15.9 Å². The van der Waals surface area contributed by atoms with Crippen LogP contribution in [0.25, 0.3) is 0 Å². The molecule has 1 aromatic heterocycles. The fraction of sp³-hybridized carbons (Fsp3) is 0.412. The van der Waals surface area contributed by atoms with Crippen molar-refractivity contribution in [3.63, 3.8) is 0 Å².